The molecule has 2 nitrogen and oxygen atoms in total. The van der Waals surface area contributed by atoms with Crippen LogP contribution in [0.2, 0.25) is 0 Å². The minimum absolute atomic E-state index is 0.0830. The predicted octanol–water partition coefficient (Wildman–Crippen LogP) is 3.82. The van der Waals surface area contributed by atoms with Crippen LogP contribution in [0.15, 0.2) is 46.9 Å². The van der Waals surface area contributed by atoms with Gasteiger partial charge in [0, 0.05) is 23.1 Å². The highest BCUT2D eigenvalue weighted by Gasteiger charge is 2.27. The van der Waals surface area contributed by atoms with E-state index in [1.807, 2.05) is 12.1 Å². The molecule has 1 aliphatic rings. The minimum Gasteiger partial charge on any atom is -0.324 e. The molecule has 0 aliphatic heterocycles. The van der Waals surface area contributed by atoms with Crippen LogP contribution >= 0.6 is 15.9 Å². The van der Waals surface area contributed by atoms with E-state index in [9.17, 15) is 4.39 Å². The number of nitrogens with two attached hydrogens (primary N) is 1. The van der Waals surface area contributed by atoms with Crippen molar-refractivity contribution in [2.24, 2.45) is 5.73 Å². The minimum atomic E-state index is -0.214. The zero-order valence-electron chi connectivity index (χ0n) is 10.9. The van der Waals surface area contributed by atoms with Gasteiger partial charge in [0.05, 0.1) is 0 Å². The van der Waals surface area contributed by atoms with Crippen LogP contribution in [0.4, 0.5) is 4.39 Å². The van der Waals surface area contributed by atoms with Gasteiger partial charge < -0.3 is 11.1 Å². The second kappa shape index (κ2) is 5.64. The number of hydrogen-bond donors (Lipinski definition) is 2. The summed E-state index contributed by atoms with van der Waals surface area (Å²) in [7, 11) is 0. The van der Waals surface area contributed by atoms with Crippen LogP contribution in [0, 0.1) is 5.82 Å². The van der Waals surface area contributed by atoms with Gasteiger partial charge in [-0.05, 0) is 41.3 Å². The third kappa shape index (κ3) is 2.64. The molecule has 2 aromatic carbocycles. The van der Waals surface area contributed by atoms with Crippen LogP contribution in [-0.4, -0.2) is 0 Å². The highest BCUT2D eigenvalue weighted by molar-refractivity contribution is 9.10. The molecule has 0 heterocycles. The fourth-order valence-corrected chi connectivity index (χ4v) is 3.17. The van der Waals surface area contributed by atoms with Crippen LogP contribution in [0.25, 0.3) is 0 Å². The maximum atomic E-state index is 13.3. The van der Waals surface area contributed by atoms with Gasteiger partial charge in [0.15, 0.2) is 0 Å². The van der Waals surface area contributed by atoms with Gasteiger partial charge in [-0.25, -0.2) is 4.39 Å². The fraction of sp³-hybridized carbons (Fsp3) is 0.250. The van der Waals surface area contributed by atoms with E-state index in [2.05, 4.69) is 33.4 Å². The van der Waals surface area contributed by atoms with Crippen molar-refractivity contribution < 1.29 is 4.39 Å². The molecule has 4 heteroatoms. The number of nitrogens with one attached hydrogen (secondary N) is 1. The van der Waals surface area contributed by atoms with Crippen molar-refractivity contribution in [3.05, 3.63) is 69.4 Å². The molecule has 20 heavy (non-hydrogen) atoms. The van der Waals surface area contributed by atoms with Gasteiger partial charge in [-0.15, -0.1) is 0 Å². The van der Waals surface area contributed by atoms with Crippen LogP contribution in [0.1, 0.15) is 35.2 Å². The first kappa shape index (κ1) is 13.7. The quantitative estimate of drug-likeness (QED) is 0.895. The molecule has 3 rings (SSSR count). The Morgan fingerprint density at radius 2 is 1.95 bits per heavy atom. The monoisotopic (exact) mass is 334 g/mol. The molecule has 2 aromatic rings. The first-order chi connectivity index (χ1) is 9.65. The van der Waals surface area contributed by atoms with Crippen molar-refractivity contribution in [3.63, 3.8) is 0 Å². The van der Waals surface area contributed by atoms with E-state index >= 15 is 0 Å². The van der Waals surface area contributed by atoms with E-state index in [0.717, 1.165) is 16.5 Å². The van der Waals surface area contributed by atoms with Crippen LogP contribution in [0.5, 0.6) is 0 Å². The van der Waals surface area contributed by atoms with Crippen molar-refractivity contribution in [2.75, 3.05) is 0 Å². The highest BCUT2D eigenvalue weighted by atomic mass is 79.9. The maximum absolute atomic E-state index is 13.3. The van der Waals surface area contributed by atoms with Crippen molar-refractivity contribution in [2.45, 2.75) is 25.0 Å². The third-order valence-corrected chi connectivity index (χ3v) is 4.58. The molecule has 2 unspecified atom stereocenters. The fourth-order valence-electron chi connectivity index (χ4n) is 2.78. The predicted molar refractivity (Wildman–Crippen MR) is 81.7 cm³/mol. The summed E-state index contributed by atoms with van der Waals surface area (Å²) in [5.41, 5.74) is 9.54. The van der Waals surface area contributed by atoms with E-state index in [4.69, 9.17) is 5.73 Å². The summed E-state index contributed by atoms with van der Waals surface area (Å²) < 4.78 is 14.2. The molecule has 2 atom stereocenters. The third-order valence-electron chi connectivity index (χ3n) is 3.81. The summed E-state index contributed by atoms with van der Waals surface area (Å²) >= 11 is 3.45. The molecule has 0 bridgehead atoms. The smallest absolute Gasteiger partial charge is 0.123 e. The standard InChI is InChI=1S/C16H16BrFN2/c17-14-6-5-11(18)7-10(14)9-20-16-8-15(19)12-3-1-2-4-13(12)16/h1-7,15-16,20H,8-9,19H2. The lowest BCUT2D eigenvalue weighted by molar-refractivity contribution is 0.497. The second-order valence-electron chi connectivity index (χ2n) is 5.14. The Morgan fingerprint density at radius 1 is 1.20 bits per heavy atom. The van der Waals surface area contributed by atoms with Crippen molar-refractivity contribution in [3.8, 4) is 0 Å². The molecule has 0 amide bonds. The molecular formula is C16H16BrFN2. The van der Waals surface area contributed by atoms with Gasteiger partial charge >= 0.3 is 0 Å². The maximum Gasteiger partial charge on any atom is 0.123 e. The average Bonchev–Trinajstić information content (AvgIpc) is 2.77. The van der Waals surface area contributed by atoms with E-state index < -0.39 is 0 Å². The number of fused-ring (bicyclic) bond motifs is 1. The molecule has 0 radical (unpaired) electrons. The summed E-state index contributed by atoms with van der Waals surface area (Å²) in [6.45, 7) is 0.615. The van der Waals surface area contributed by atoms with Crippen molar-refractivity contribution in [1.82, 2.24) is 5.32 Å². The molecule has 1 aliphatic carbocycles. The molecule has 0 spiro atoms. The Kier molecular flexibility index (Phi) is 3.87. The first-order valence-electron chi connectivity index (χ1n) is 6.67. The first-order valence-corrected chi connectivity index (χ1v) is 7.46. The lowest BCUT2D eigenvalue weighted by Gasteiger charge is -2.15. The lowest BCUT2D eigenvalue weighted by atomic mass is 10.1. The van der Waals surface area contributed by atoms with Gasteiger partial charge in [0.2, 0.25) is 0 Å². The number of hydrogen-bond acceptors (Lipinski definition) is 2. The Bertz CT molecular complexity index is 630. The average molecular weight is 335 g/mol. The summed E-state index contributed by atoms with van der Waals surface area (Å²) in [6, 6.07) is 13.3. The highest BCUT2D eigenvalue weighted by Crippen LogP contribution is 2.37. The Balaban J connectivity index is 1.75. The van der Waals surface area contributed by atoms with Crippen molar-refractivity contribution in [1.29, 1.82) is 0 Å². The van der Waals surface area contributed by atoms with E-state index in [1.54, 1.807) is 12.1 Å². The van der Waals surface area contributed by atoms with Crippen LogP contribution in [0.3, 0.4) is 0 Å². The van der Waals surface area contributed by atoms with Gasteiger partial charge in [-0.3, -0.25) is 0 Å². The number of halogens is 2. The summed E-state index contributed by atoms with van der Waals surface area (Å²) in [5, 5.41) is 3.48. The zero-order chi connectivity index (χ0) is 14.1. The van der Waals surface area contributed by atoms with Gasteiger partial charge in [0.25, 0.3) is 0 Å². The van der Waals surface area contributed by atoms with Crippen LogP contribution < -0.4 is 11.1 Å². The van der Waals surface area contributed by atoms with E-state index in [0.29, 0.717) is 6.54 Å². The van der Waals surface area contributed by atoms with Gasteiger partial charge in [-0.2, -0.15) is 0 Å². The van der Waals surface area contributed by atoms with Gasteiger partial charge in [0.1, 0.15) is 5.82 Å². The summed E-state index contributed by atoms with van der Waals surface area (Å²) in [5.74, 6) is -0.214. The zero-order valence-corrected chi connectivity index (χ0v) is 12.5. The molecule has 3 N–H and O–H groups in total. The Hall–Kier alpha value is -1.23. The topological polar surface area (TPSA) is 38.0 Å². The van der Waals surface area contributed by atoms with Crippen LogP contribution in [-0.2, 0) is 6.54 Å². The molecular weight excluding hydrogens is 319 g/mol. The number of benzene rings is 2. The van der Waals surface area contributed by atoms with Crippen molar-refractivity contribution >= 4 is 15.9 Å². The molecule has 0 fully saturated rings. The molecule has 0 aromatic heterocycles. The molecule has 0 saturated carbocycles. The van der Waals surface area contributed by atoms with E-state index in [-0.39, 0.29) is 17.9 Å². The Morgan fingerprint density at radius 3 is 2.75 bits per heavy atom. The number of rotatable bonds is 3. The second-order valence-corrected chi connectivity index (χ2v) is 5.99. The Labute approximate surface area is 126 Å². The SMILES string of the molecule is NC1CC(NCc2cc(F)ccc2Br)c2ccccc21. The largest absolute Gasteiger partial charge is 0.324 e. The molecule has 0 saturated heterocycles. The summed E-state index contributed by atoms with van der Waals surface area (Å²) in [4.78, 5) is 0. The van der Waals surface area contributed by atoms with Gasteiger partial charge in [-0.1, -0.05) is 40.2 Å². The normalized spacial score (nSPS) is 20.9. The molecule has 104 valence electrons. The summed E-state index contributed by atoms with van der Waals surface area (Å²) in [6.07, 6.45) is 0.881. The van der Waals surface area contributed by atoms with E-state index in [1.165, 1.54) is 17.2 Å². The lowest BCUT2D eigenvalue weighted by Crippen LogP contribution is -2.20.